The van der Waals surface area contributed by atoms with Gasteiger partial charge in [0.15, 0.2) is 0 Å². The molecule has 0 bridgehead atoms. The highest BCUT2D eigenvalue weighted by molar-refractivity contribution is 7.93. The summed E-state index contributed by atoms with van der Waals surface area (Å²) >= 11 is 0. The molecule has 5 atom stereocenters. The zero-order valence-electron chi connectivity index (χ0n) is 19.4. The largest absolute Gasteiger partial charge is 0.462 e. The Morgan fingerprint density at radius 1 is 1.14 bits per heavy atom. The van der Waals surface area contributed by atoms with Gasteiger partial charge in [0.2, 0.25) is 22.2 Å². The summed E-state index contributed by atoms with van der Waals surface area (Å²) in [6, 6.07) is 11.1. The first kappa shape index (κ1) is 25.4. The summed E-state index contributed by atoms with van der Waals surface area (Å²) in [7, 11) is -3.44. The number of benzene rings is 2. The van der Waals surface area contributed by atoms with E-state index in [0.717, 1.165) is 5.56 Å². The van der Waals surface area contributed by atoms with Gasteiger partial charge in [-0.05, 0) is 49.1 Å². The van der Waals surface area contributed by atoms with Crippen molar-refractivity contribution in [1.82, 2.24) is 5.32 Å². The molecule has 1 saturated heterocycles. The van der Waals surface area contributed by atoms with Gasteiger partial charge < -0.3 is 30.1 Å². The number of aliphatic hydroxyl groups excluding tert-OH is 3. The Morgan fingerprint density at radius 3 is 2.51 bits per heavy atom. The van der Waals surface area contributed by atoms with E-state index >= 15 is 0 Å². The van der Waals surface area contributed by atoms with E-state index in [-0.39, 0.29) is 5.25 Å². The summed E-state index contributed by atoms with van der Waals surface area (Å²) in [5, 5.41) is 32.6. The molecule has 0 aromatic heterocycles. The summed E-state index contributed by atoms with van der Waals surface area (Å²) in [4.78, 5) is 11.7. The number of amides is 1. The number of hydrogen-bond donors (Lipinski definition) is 5. The van der Waals surface area contributed by atoms with E-state index in [2.05, 4.69) is 10.0 Å². The first-order valence-electron chi connectivity index (χ1n) is 11.4. The molecule has 1 amide bonds. The number of ether oxygens (including phenoxy) is 2. The summed E-state index contributed by atoms with van der Waals surface area (Å²) in [5.74, 6) is -0.103. The Labute approximate surface area is 203 Å². The third-order valence-corrected chi connectivity index (χ3v) is 7.97. The van der Waals surface area contributed by atoms with E-state index in [9.17, 15) is 28.5 Å². The quantitative estimate of drug-likeness (QED) is 0.354. The molecule has 2 aliphatic rings. The molecule has 2 aromatic carbocycles. The topological polar surface area (TPSA) is 154 Å². The zero-order valence-corrected chi connectivity index (χ0v) is 20.2. The van der Waals surface area contributed by atoms with Crippen LogP contribution in [0.2, 0.25) is 0 Å². The second kappa shape index (κ2) is 10.1. The number of nitrogens with one attached hydrogen (secondary N) is 2. The Hall–Kier alpha value is -2.70. The number of carbonyl (C=O) groups excluding carboxylic acids is 1. The molecular weight excluding hydrogens is 476 g/mol. The Bertz CT molecular complexity index is 1180. The average Bonchev–Trinajstić information content (AvgIpc) is 3.65. The van der Waals surface area contributed by atoms with Crippen LogP contribution in [0.4, 0.5) is 5.69 Å². The molecule has 35 heavy (non-hydrogen) atoms. The molecule has 5 unspecified atom stereocenters. The van der Waals surface area contributed by atoms with Crippen molar-refractivity contribution in [1.29, 1.82) is 0 Å². The molecule has 5 N–H and O–H groups in total. The lowest BCUT2D eigenvalue weighted by Crippen LogP contribution is -2.65. The first-order chi connectivity index (χ1) is 16.6. The van der Waals surface area contributed by atoms with Crippen LogP contribution in [0.3, 0.4) is 0 Å². The second-order valence-electron chi connectivity index (χ2n) is 8.93. The summed E-state index contributed by atoms with van der Waals surface area (Å²) < 4.78 is 39.2. The Kier molecular flexibility index (Phi) is 7.34. The smallest absolute Gasteiger partial charge is 0.235 e. The van der Waals surface area contributed by atoms with Crippen LogP contribution < -0.4 is 14.8 Å². The zero-order chi connectivity index (χ0) is 25.3. The minimum atomic E-state index is -3.44. The van der Waals surface area contributed by atoms with Gasteiger partial charge in [-0.2, -0.15) is 0 Å². The van der Waals surface area contributed by atoms with Crippen molar-refractivity contribution in [3.8, 4) is 16.9 Å². The van der Waals surface area contributed by atoms with Crippen LogP contribution in [-0.4, -0.2) is 72.1 Å². The third kappa shape index (κ3) is 5.60. The molecule has 190 valence electrons. The maximum absolute atomic E-state index is 12.4. The lowest BCUT2D eigenvalue weighted by molar-refractivity contribution is -0.244. The number of carbonyl (C=O) groups is 1. The predicted molar refractivity (Wildman–Crippen MR) is 128 cm³/mol. The predicted octanol–water partition coefficient (Wildman–Crippen LogP) is 0.889. The van der Waals surface area contributed by atoms with Gasteiger partial charge in [-0.25, -0.2) is 8.42 Å². The van der Waals surface area contributed by atoms with E-state index in [4.69, 9.17) is 9.47 Å². The molecule has 11 heteroatoms. The van der Waals surface area contributed by atoms with Crippen molar-refractivity contribution in [2.75, 3.05) is 11.3 Å². The maximum Gasteiger partial charge on any atom is 0.235 e. The summed E-state index contributed by atoms with van der Waals surface area (Å²) in [6.07, 6.45) is -3.90. The summed E-state index contributed by atoms with van der Waals surface area (Å²) in [6.45, 7) is 2.57. The number of anilines is 1. The maximum atomic E-state index is 12.4. The Morgan fingerprint density at radius 2 is 1.86 bits per heavy atom. The van der Waals surface area contributed by atoms with Crippen molar-refractivity contribution in [3.63, 3.8) is 0 Å². The molecule has 2 fully saturated rings. The molecule has 1 heterocycles. The van der Waals surface area contributed by atoms with Crippen molar-refractivity contribution in [3.05, 3.63) is 48.0 Å². The second-order valence-corrected chi connectivity index (χ2v) is 10.9. The highest BCUT2D eigenvalue weighted by atomic mass is 32.2. The van der Waals surface area contributed by atoms with Crippen LogP contribution >= 0.6 is 0 Å². The lowest BCUT2D eigenvalue weighted by atomic mass is 9.96. The van der Waals surface area contributed by atoms with Crippen LogP contribution in [0.5, 0.6) is 5.75 Å². The third-order valence-electron chi connectivity index (χ3n) is 6.10. The van der Waals surface area contributed by atoms with Crippen molar-refractivity contribution >= 4 is 21.6 Å². The number of hydrogen-bond acceptors (Lipinski definition) is 8. The SMILES string of the molecule is CC(=O)NC1C(Oc2cccc(C)c2-c2cccc(NS(=O)(=O)C3CC3)c2)OC(CO)C(O)C1O. The van der Waals surface area contributed by atoms with Crippen LogP contribution in [0.1, 0.15) is 25.3 Å². The van der Waals surface area contributed by atoms with E-state index in [0.29, 0.717) is 35.4 Å². The van der Waals surface area contributed by atoms with Crippen LogP contribution in [-0.2, 0) is 19.6 Å². The van der Waals surface area contributed by atoms with Gasteiger partial charge in [0, 0.05) is 18.2 Å². The molecule has 1 aliphatic carbocycles. The van der Waals surface area contributed by atoms with E-state index in [1.165, 1.54) is 6.92 Å². The van der Waals surface area contributed by atoms with Gasteiger partial charge in [-0.1, -0.05) is 24.3 Å². The van der Waals surface area contributed by atoms with Crippen molar-refractivity contribution < 1.29 is 38.0 Å². The molecule has 1 aliphatic heterocycles. The molecule has 10 nitrogen and oxygen atoms in total. The minimum Gasteiger partial charge on any atom is -0.462 e. The number of sulfonamides is 1. The van der Waals surface area contributed by atoms with Gasteiger partial charge in [0.05, 0.1) is 11.9 Å². The normalized spacial score (nSPS) is 26.7. The van der Waals surface area contributed by atoms with Crippen molar-refractivity contribution in [2.24, 2.45) is 0 Å². The van der Waals surface area contributed by atoms with E-state index < -0.39 is 53.2 Å². The van der Waals surface area contributed by atoms with Crippen molar-refractivity contribution in [2.45, 2.75) is 62.6 Å². The molecule has 0 spiro atoms. The van der Waals surface area contributed by atoms with E-state index in [1.54, 1.807) is 30.3 Å². The molecular formula is C24H30N2O8S. The number of aryl methyl sites for hydroxylation is 1. The van der Waals surface area contributed by atoms with Crippen LogP contribution in [0.15, 0.2) is 42.5 Å². The van der Waals surface area contributed by atoms with Gasteiger partial charge in [0.1, 0.15) is 30.1 Å². The van der Waals surface area contributed by atoms with Gasteiger partial charge in [0.25, 0.3) is 0 Å². The molecule has 1 saturated carbocycles. The fourth-order valence-corrected chi connectivity index (χ4v) is 5.55. The fourth-order valence-electron chi connectivity index (χ4n) is 4.17. The number of aliphatic hydroxyl groups is 3. The average molecular weight is 507 g/mol. The van der Waals surface area contributed by atoms with Gasteiger partial charge in [-0.15, -0.1) is 0 Å². The highest BCUT2D eigenvalue weighted by Crippen LogP contribution is 2.37. The standard InChI is InChI=1S/C24H30N2O8S/c1-13-5-3-8-18(33-24-21(25-14(2)28)23(30)22(29)19(12-27)34-24)20(13)15-6-4-7-16(11-15)26-35(31,32)17-9-10-17/h3-8,11,17,19,21-24,26-27,29-30H,9-10,12H2,1-2H3,(H,25,28). The van der Waals surface area contributed by atoms with Gasteiger partial charge in [-0.3, -0.25) is 9.52 Å². The van der Waals surface area contributed by atoms with Gasteiger partial charge >= 0.3 is 0 Å². The molecule has 4 rings (SSSR count). The number of rotatable bonds is 8. The fraction of sp³-hybridized carbons (Fsp3) is 0.458. The monoisotopic (exact) mass is 506 g/mol. The highest BCUT2D eigenvalue weighted by Gasteiger charge is 2.46. The first-order valence-corrected chi connectivity index (χ1v) is 12.9. The van der Waals surface area contributed by atoms with Crippen LogP contribution in [0.25, 0.3) is 11.1 Å². The summed E-state index contributed by atoms with van der Waals surface area (Å²) in [5.41, 5.74) is 2.59. The molecule has 2 aromatic rings. The Balaban J connectivity index is 1.66. The lowest BCUT2D eigenvalue weighted by Gasteiger charge is -2.42. The molecule has 0 radical (unpaired) electrons. The minimum absolute atomic E-state index is 0.354. The van der Waals surface area contributed by atoms with E-state index in [1.807, 2.05) is 19.1 Å². The van der Waals surface area contributed by atoms with Crippen LogP contribution in [0, 0.1) is 6.92 Å².